The van der Waals surface area contributed by atoms with Crippen LogP contribution in [0.15, 0.2) is 54.6 Å². The second-order valence-electron chi connectivity index (χ2n) is 9.66. The van der Waals surface area contributed by atoms with Crippen LogP contribution in [0, 0.1) is 11.6 Å². The Hall–Kier alpha value is -3.65. The first-order valence-corrected chi connectivity index (χ1v) is 12.7. The highest BCUT2D eigenvalue weighted by atomic mass is 35.5. The zero-order valence-electron chi connectivity index (χ0n) is 21.1. The zero-order valence-corrected chi connectivity index (χ0v) is 21.9. The van der Waals surface area contributed by atoms with Gasteiger partial charge in [0.15, 0.2) is 11.5 Å². The Morgan fingerprint density at radius 1 is 0.974 bits per heavy atom. The molecular weight excluding hydrogens is 514 g/mol. The summed E-state index contributed by atoms with van der Waals surface area (Å²) < 4.78 is 39.4. The van der Waals surface area contributed by atoms with E-state index in [0.29, 0.717) is 55.2 Å². The van der Waals surface area contributed by atoms with Crippen molar-refractivity contribution < 1.29 is 27.8 Å². The summed E-state index contributed by atoms with van der Waals surface area (Å²) in [4.78, 5) is 30.0. The summed E-state index contributed by atoms with van der Waals surface area (Å²) >= 11 is 6.16. The number of rotatable bonds is 5. The van der Waals surface area contributed by atoms with E-state index >= 15 is 0 Å². The van der Waals surface area contributed by atoms with Gasteiger partial charge in [-0.15, -0.1) is 0 Å². The van der Waals surface area contributed by atoms with E-state index in [4.69, 9.17) is 21.1 Å². The summed E-state index contributed by atoms with van der Waals surface area (Å²) in [5, 5.41) is 0.188. The number of likely N-dealkylation sites (tertiary alicyclic amines) is 1. The smallest absolute Gasteiger partial charge is 0.253 e. The van der Waals surface area contributed by atoms with Crippen LogP contribution in [0.5, 0.6) is 11.5 Å². The molecule has 1 saturated heterocycles. The summed E-state index contributed by atoms with van der Waals surface area (Å²) in [6.45, 7) is 1.20. The van der Waals surface area contributed by atoms with Gasteiger partial charge >= 0.3 is 0 Å². The molecule has 0 aromatic heterocycles. The van der Waals surface area contributed by atoms with Crippen molar-refractivity contribution in [2.75, 3.05) is 38.8 Å². The molecule has 0 unspecified atom stereocenters. The average Bonchev–Trinajstić information content (AvgIpc) is 3.23. The number of fused-ring (bicyclic) bond motifs is 2. The molecule has 5 rings (SSSR count). The third-order valence-electron chi connectivity index (χ3n) is 7.61. The summed E-state index contributed by atoms with van der Waals surface area (Å²) in [6.07, 6.45) is 0.891. The number of carbonyl (C=O) groups excluding carboxylic acids is 2. The Labute approximate surface area is 224 Å². The molecule has 0 atom stereocenters. The molecule has 198 valence electrons. The predicted molar refractivity (Wildman–Crippen MR) is 140 cm³/mol. The Morgan fingerprint density at radius 3 is 2.39 bits per heavy atom. The lowest BCUT2D eigenvalue weighted by atomic mass is 9.74. The van der Waals surface area contributed by atoms with Crippen molar-refractivity contribution in [2.24, 2.45) is 0 Å². The zero-order chi connectivity index (χ0) is 27.0. The van der Waals surface area contributed by atoms with Crippen molar-refractivity contribution in [2.45, 2.75) is 24.7 Å². The first-order valence-electron chi connectivity index (χ1n) is 12.3. The highest BCUT2D eigenvalue weighted by molar-refractivity contribution is 6.31. The summed E-state index contributed by atoms with van der Waals surface area (Å²) in [7, 11) is 3.05. The maximum absolute atomic E-state index is 14.4. The Balaban J connectivity index is 1.37. The van der Waals surface area contributed by atoms with Gasteiger partial charge < -0.3 is 19.3 Å². The monoisotopic (exact) mass is 540 g/mol. The van der Waals surface area contributed by atoms with Gasteiger partial charge in [0.1, 0.15) is 11.6 Å². The number of halogens is 3. The summed E-state index contributed by atoms with van der Waals surface area (Å²) in [5.74, 6) is -0.380. The minimum absolute atomic E-state index is 0.138. The lowest BCUT2D eigenvalue weighted by molar-refractivity contribution is -0.118. The fourth-order valence-corrected chi connectivity index (χ4v) is 5.76. The molecule has 0 N–H and O–H groups in total. The topological polar surface area (TPSA) is 59.1 Å². The molecule has 2 aliphatic rings. The average molecular weight is 541 g/mol. The third-order valence-corrected chi connectivity index (χ3v) is 7.96. The number of hydrogen-bond donors (Lipinski definition) is 0. The predicted octanol–water partition coefficient (Wildman–Crippen LogP) is 5.40. The van der Waals surface area contributed by atoms with Gasteiger partial charge in [-0.2, -0.15) is 0 Å². The second-order valence-corrected chi connectivity index (χ2v) is 10.1. The van der Waals surface area contributed by atoms with E-state index in [1.807, 2.05) is 0 Å². The molecule has 0 radical (unpaired) electrons. The van der Waals surface area contributed by atoms with Crippen LogP contribution >= 0.6 is 11.6 Å². The number of nitrogens with zero attached hydrogens (tertiary/aromatic N) is 2. The molecule has 2 amide bonds. The number of amides is 2. The number of benzene rings is 3. The van der Waals surface area contributed by atoms with Gasteiger partial charge in [0.25, 0.3) is 5.91 Å². The van der Waals surface area contributed by atoms with Gasteiger partial charge in [-0.25, -0.2) is 8.78 Å². The van der Waals surface area contributed by atoms with Crippen molar-refractivity contribution in [3.63, 3.8) is 0 Å². The van der Waals surface area contributed by atoms with Crippen LogP contribution < -0.4 is 14.4 Å². The van der Waals surface area contributed by atoms with Gasteiger partial charge in [0, 0.05) is 46.9 Å². The van der Waals surface area contributed by atoms with Gasteiger partial charge in [-0.1, -0.05) is 17.7 Å². The van der Waals surface area contributed by atoms with Gasteiger partial charge in [0.05, 0.1) is 20.6 Å². The number of ether oxygens (including phenoxy) is 2. The molecule has 2 heterocycles. The molecule has 38 heavy (non-hydrogen) atoms. The fourth-order valence-electron chi connectivity index (χ4n) is 5.53. The highest BCUT2D eigenvalue weighted by Gasteiger charge is 2.47. The molecule has 1 fully saturated rings. The quantitative estimate of drug-likeness (QED) is 0.435. The van der Waals surface area contributed by atoms with E-state index in [1.165, 1.54) is 38.5 Å². The van der Waals surface area contributed by atoms with E-state index in [2.05, 4.69) is 0 Å². The SMILES string of the molecule is COc1ccc(C(=O)N2CCC3(CC2)CN(C(=O)Cc2c(F)cccc2Cl)c2ccc(F)cc23)cc1OC. The fraction of sp³-hybridized carbons (Fsp3) is 0.310. The lowest BCUT2D eigenvalue weighted by Gasteiger charge is -2.40. The van der Waals surface area contributed by atoms with E-state index in [9.17, 15) is 18.4 Å². The Bertz CT molecular complexity index is 1390. The molecule has 0 aliphatic carbocycles. The van der Waals surface area contributed by atoms with Crippen LogP contribution in [0.2, 0.25) is 5.02 Å². The van der Waals surface area contributed by atoms with E-state index in [1.54, 1.807) is 40.1 Å². The normalized spacial score (nSPS) is 15.9. The highest BCUT2D eigenvalue weighted by Crippen LogP contribution is 2.48. The van der Waals surface area contributed by atoms with E-state index in [-0.39, 0.29) is 28.8 Å². The third kappa shape index (κ3) is 4.58. The van der Waals surface area contributed by atoms with Crippen molar-refractivity contribution >= 4 is 29.1 Å². The minimum Gasteiger partial charge on any atom is -0.493 e. The first kappa shape index (κ1) is 26.0. The summed E-state index contributed by atoms with van der Waals surface area (Å²) in [5.41, 5.74) is 1.46. The lowest BCUT2D eigenvalue weighted by Crippen LogP contribution is -2.48. The molecular formula is C29H27ClF2N2O4. The van der Waals surface area contributed by atoms with Crippen molar-refractivity contribution in [3.05, 3.63) is 87.9 Å². The van der Waals surface area contributed by atoms with Crippen LogP contribution in [-0.2, 0) is 16.6 Å². The van der Waals surface area contributed by atoms with E-state index in [0.717, 1.165) is 5.56 Å². The Morgan fingerprint density at radius 2 is 1.71 bits per heavy atom. The number of anilines is 1. The molecule has 2 aliphatic heterocycles. The minimum atomic E-state index is -0.541. The largest absolute Gasteiger partial charge is 0.493 e. The number of carbonyl (C=O) groups is 2. The van der Waals surface area contributed by atoms with Gasteiger partial charge in [-0.05, 0) is 66.9 Å². The maximum atomic E-state index is 14.4. The Kier molecular flexibility index (Phi) is 7.01. The number of hydrogen-bond acceptors (Lipinski definition) is 4. The molecule has 6 nitrogen and oxygen atoms in total. The molecule has 1 spiro atoms. The van der Waals surface area contributed by atoms with Crippen LogP contribution in [0.3, 0.4) is 0 Å². The van der Waals surface area contributed by atoms with Crippen molar-refractivity contribution in [3.8, 4) is 11.5 Å². The van der Waals surface area contributed by atoms with E-state index < -0.39 is 17.0 Å². The molecule has 0 bridgehead atoms. The van der Waals surface area contributed by atoms with Crippen LogP contribution in [0.1, 0.15) is 34.3 Å². The van der Waals surface area contributed by atoms with Gasteiger partial charge in [0.2, 0.25) is 5.91 Å². The van der Waals surface area contributed by atoms with Crippen LogP contribution in [0.25, 0.3) is 0 Å². The summed E-state index contributed by atoms with van der Waals surface area (Å²) in [6, 6.07) is 13.8. The molecule has 3 aromatic carbocycles. The second kappa shape index (κ2) is 10.3. The maximum Gasteiger partial charge on any atom is 0.253 e. The van der Waals surface area contributed by atoms with Crippen LogP contribution in [0.4, 0.5) is 14.5 Å². The van der Waals surface area contributed by atoms with Crippen molar-refractivity contribution in [1.82, 2.24) is 4.90 Å². The molecule has 0 saturated carbocycles. The molecule has 3 aromatic rings. The number of methoxy groups -OCH3 is 2. The van der Waals surface area contributed by atoms with Gasteiger partial charge in [-0.3, -0.25) is 9.59 Å². The first-order chi connectivity index (χ1) is 18.3. The number of piperidine rings is 1. The van der Waals surface area contributed by atoms with Crippen LogP contribution in [-0.4, -0.2) is 50.6 Å². The van der Waals surface area contributed by atoms with Crippen molar-refractivity contribution in [1.29, 1.82) is 0 Å². The molecule has 9 heteroatoms. The standard InChI is InChI=1S/C29H27ClF2N2O4/c1-37-25-9-6-18(14-26(25)38-2)28(36)33-12-10-29(11-13-33)17-34(24-8-7-19(31)15-21(24)29)27(35)16-20-22(30)4-3-5-23(20)32/h3-9,14-15H,10-13,16-17H2,1-2H3.